The topological polar surface area (TPSA) is 46.5 Å². The van der Waals surface area contributed by atoms with Crippen LogP contribution in [-0.2, 0) is 10.2 Å². The fourth-order valence-corrected chi connectivity index (χ4v) is 2.48. The first-order valence-electron chi connectivity index (χ1n) is 6.53. The molecule has 0 atom stereocenters. The molecule has 1 saturated carbocycles. The van der Waals surface area contributed by atoms with E-state index in [4.69, 9.17) is 9.84 Å². The monoisotopic (exact) mass is 326 g/mol. The van der Waals surface area contributed by atoms with Crippen molar-refractivity contribution in [1.82, 2.24) is 0 Å². The quantitative estimate of drug-likeness (QED) is 0.859. The van der Waals surface area contributed by atoms with Crippen LogP contribution in [0.4, 0.5) is 0 Å². The molecule has 0 radical (unpaired) electrons. The summed E-state index contributed by atoms with van der Waals surface area (Å²) in [6.07, 6.45) is 2.57. The fourth-order valence-electron chi connectivity index (χ4n) is 2.12. The summed E-state index contributed by atoms with van der Waals surface area (Å²) in [4.78, 5) is 11.0. The first-order chi connectivity index (χ1) is 8.88. The van der Waals surface area contributed by atoms with Gasteiger partial charge in [0, 0.05) is 15.5 Å². The Morgan fingerprint density at radius 3 is 2.74 bits per heavy atom. The molecule has 1 aromatic rings. The average molecular weight is 327 g/mol. The SMILES string of the molecule is CC(C)(CC(=O)O)c1cc(Br)ccc1OCC1CC1. The second-order valence-corrected chi connectivity index (χ2v) is 6.76. The van der Waals surface area contributed by atoms with Crippen LogP contribution in [0.3, 0.4) is 0 Å². The summed E-state index contributed by atoms with van der Waals surface area (Å²) in [5.74, 6) is 0.693. The zero-order valence-electron chi connectivity index (χ0n) is 11.3. The molecule has 1 aliphatic carbocycles. The number of carbonyl (C=O) groups is 1. The number of aliphatic carboxylic acids is 1. The molecule has 0 heterocycles. The van der Waals surface area contributed by atoms with Crippen LogP contribution in [0.1, 0.15) is 38.7 Å². The molecule has 1 aliphatic rings. The maximum absolute atomic E-state index is 11.0. The number of ether oxygens (including phenoxy) is 1. The van der Waals surface area contributed by atoms with Crippen LogP contribution in [0.2, 0.25) is 0 Å². The Balaban J connectivity index is 2.24. The molecule has 1 fully saturated rings. The lowest BCUT2D eigenvalue weighted by molar-refractivity contribution is -0.138. The van der Waals surface area contributed by atoms with Gasteiger partial charge in [-0.05, 0) is 37.0 Å². The van der Waals surface area contributed by atoms with Gasteiger partial charge in [-0.25, -0.2) is 0 Å². The van der Waals surface area contributed by atoms with E-state index in [1.54, 1.807) is 0 Å². The van der Waals surface area contributed by atoms with Crippen molar-refractivity contribution in [1.29, 1.82) is 0 Å². The average Bonchev–Trinajstić information content (AvgIpc) is 3.09. The van der Waals surface area contributed by atoms with Gasteiger partial charge in [-0.15, -0.1) is 0 Å². The van der Waals surface area contributed by atoms with E-state index < -0.39 is 11.4 Å². The number of carboxylic acids is 1. The van der Waals surface area contributed by atoms with Crippen molar-refractivity contribution in [3.8, 4) is 5.75 Å². The highest BCUT2D eigenvalue weighted by molar-refractivity contribution is 9.10. The van der Waals surface area contributed by atoms with Crippen LogP contribution in [0.25, 0.3) is 0 Å². The van der Waals surface area contributed by atoms with Crippen LogP contribution < -0.4 is 4.74 Å². The number of hydrogen-bond donors (Lipinski definition) is 1. The highest BCUT2D eigenvalue weighted by atomic mass is 79.9. The van der Waals surface area contributed by atoms with Crippen LogP contribution >= 0.6 is 15.9 Å². The molecule has 0 aromatic heterocycles. The second kappa shape index (κ2) is 5.53. The van der Waals surface area contributed by atoms with E-state index in [1.165, 1.54) is 12.8 Å². The lowest BCUT2D eigenvalue weighted by atomic mass is 9.81. The van der Waals surface area contributed by atoms with Crippen molar-refractivity contribution in [3.63, 3.8) is 0 Å². The summed E-state index contributed by atoms with van der Waals surface area (Å²) in [7, 11) is 0. The highest BCUT2D eigenvalue weighted by Gasteiger charge is 2.29. The molecular weight excluding hydrogens is 308 g/mol. The largest absolute Gasteiger partial charge is 0.493 e. The lowest BCUT2D eigenvalue weighted by Gasteiger charge is -2.26. The Morgan fingerprint density at radius 1 is 1.47 bits per heavy atom. The van der Waals surface area contributed by atoms with Crippen molar-refractivity contribution < 1.29 is 14.6 Å². The van der Waals surface area contributed by atoms with Gasteiger partial charge in [0.05, 0.1) is 13.0 Å². The summed E-state index contributed by atoms with van der Waals surface area (Å²) in [5, 5.41) is 9.05. The summed E-state index contributed by atoms with van der Waals surface area (Å²) < 4.78 is 6.81. The molecule has 19 heavy (non-hydrogen) atoms. The van der Waals surface area contributed by atoms with E-state index in [0.717, 1.165) is 22.4 Å². The molecule has 1 aromatic carbocycles. The number of carboxylic acid groups (broad SMARTS) is 1. The van der Waals surface area contributed by atoms with Gasteiger partial charge in [-0.2, -0.15) is 0 Å². The Kier molecular flexibility index (Phi) is 4.19. The van der Waals surface area contributed by atoms with E-state index in [0.29, 0.717) is 5.92 Å². The molecule has 0 amide bonds. The highest BCUT2D eigenvalue weighted by Crippen LogP contribution is 2.37. The van der Waals surface area contributed by atoms with E-state index in [9.17, 15) is 4.79 Å². The Labute approximate surface area is 122 Å². The molecule has 3 nitrogen and oxygen atoms in total. The number of halogens is 1. The predicted octanol–water partition coefficient (Wildman–Crippen LogP) is 3.99. The smallest absolute Gasteiger partial charge is 0.304 e. The van der Waals surface area contributed by atoms with E-state index in [-0.39, 0.29) is 6.42 Å². The third-order valence-electron chi connectivity index (χ3n) is 3.44. The Bertz CT molecular complexity index is 478. The molecule has 2 rings (SSSR count). The van der Waals surface area contributed by atoms with Gasteiger partial charge in [0.15, 0.2) is 0 Å². The zero-order valence-corrected chi connectivity index (χ0v) is 12.9. The summed E-state index contributed by atoms with van der Waals surface area (Å²) in [6, 6.07) is 5.82. The summed E-state index contributed by atoms with van der Waals surface area (Å²) in [6.45, 7) is 4.61. The minimum Gasteiger partial charge on any atom is -0.493 e. The third-order valence-corrected chi connectivity index (χ3v) is 3.93. The van der Waals surface area contributed by atoms with Gasteiger partial charge in [0.1, 0.15) is 5.75 Å². The first-order valence-corrected chi connectivity index (χ1v) is 7.32. The van der Waals surface area contributed by atoms with Crippen LogP contribution in [0, 0.1) is 5.92 Å². The van der Waals surface area contributed by atoms with E-state index in [1.807, 2.05) is 32.0 Å². The summed E-state index contributed by atoms with van der Waals surface area (Å²) in [5.41, 5.74) is 0.499. The van der Waals surface area contributed by atoms with Gasteiger partial charge in [0.25, 0.3) is 0 Å². The minimum absolute atomic E-state index is 0.0865. The minimum atomic E-state index is -0.793. The third kappa shape index (κ3) is 3.96. The van der Waals surface area contributed by atoms with Crippen LogP contribution in [-0.4, -0.2) is 17.7 Å². The number of hydrogen-bond acceptors (Lipinski definition) is 2. The number of rotatable bonds is 6. The predicted molar refractivity (Wildman–Crippen MR) is 77.6 cm³/mol. The van der Waals surface area contributed by atoms with Crippen LogP contribution in [0.5, 0.6) is 5.75 Å². The molecule has 1 N–H and O–H groups in total. The molecule has 0 spiro atoms. The molecule has 0 unspecified atom stereocenters. The lowest BCUT2D eigenvalue weighted by Crippen LogP contribution is -2.23. The maximum atomic E-state index is 11.0. The van der Waals surface area contributed by atoms with Gasteiger partial charge in [-0.3, -0.25) is 4.79 Å². The second-order valence-electron chi connectivity index (χ2n) is 5.85. The van der Waals surface area contributed by atoms with Crippen molar-refractivity contribution in [2.45, 2.75) is 38.5 Å². The molecule has 4 heteroatoms. The summed E-state index contributed by atoms with van der Waals surface area (Å²) >= 11 is 3.44. The van der Waals surface area contributed by atoms with Crippen molar-refractivity contribution in [2.24, 2.45) is 5.92 Å². The Hall–Kier alpha value is -1.03. The van der Waals surface area contributed by atoms with Gasteiger partial charge in [0.2, 0.25) is 0 Å². The number of benzene rings is 1. The zero-order chi connectivity index (χ0) is 14.0. The van der Waals surface area contributed by atoms with Crippen molar-refractivity contribution in [3.05, 3.63) is 28.2 Å². The normalized spacial score (nSPS) is 15.3. The van der Waals surface area contributed by atoms with Gasteiger partial charge >= 0.3 is 5.97 Å². The molecule has 0 saturated heterocycles. The standard InChI is InChI=1S/C15H19BrO3/c1-15(2,8-14(17)18)12-7-11(16)5-6-13(12)19-9-10-3-4-10/h5-7,10H,3-4,8-9H2,1-2H3,(H,17,18). The maximum Gasteiger partial charge on any atom is 0.304 e. The molecular formula is C15H19BrO3. The van der Waals surface area contributed by atoms with Crippen molar-refractivity contribution in [2.75, 3.05) is 6.61 Å². The van der Waals surface area contributed by atoms with Gasteiger partial charge < -0.3 is 9.84 Å². The first kappa shape index (κ1) is 14.4. The Morgan fingerprint density at radius 2 is 2.16 bits per heavy atom. The molecule has 104 valence electrons. The van der Waals surface area contributed by atoms with Crippen LogP contribution in [0.15, 0.2) is 22.7 Å². The fraction of sp³-hybridized carbons (Fsp3) is 0.533. The van der Waals surface area contributed by atoms with Gasteiger partial charge in [-0.1, -0.05) is 29.8 Å². The molecule has 0 bridgehead atoms. The van der Waals surface area contributed by atoms with Crippen molar-refractivity contribution >= 4 is 21.9 Å². The molecule has 0 aliphatic heterocycles. The van der Waals surface area contributed by atoms with E-state index in [2.05, 4.69) is 15.9 Å². The van der Waals surface area contributed by atoms with E-state index >= 15 is 0 Å².